The summed E-state index contributed by atoms with van der Waals surface area (Å²) in [5.74, 6) is -2.24. The Morgan fingerprint density at radius 2 is 1.89 bits per heavy atom. The minimum absolute atomic E-state index is 0.0772. The standard InChI is InChI=1S/C22H21F4N5O4S2/c1-37(34,35)11-10-31-9-8-27-21(18(31)32,22(24,25)26)13-2-7-16-17(12-13)36-20(29-16)30-19(33)28-15-5-3-14(23)4-6-15/h2-7,12,27H,8-11H2,1H3,(H2,28,29,30,33). The van der Waals surface area contributed by atoms with Crippen LogP contribution >= 0.6 is 11.3 Å². The van der Waals surface area contributed by atoms with Crippen LogP contribution in [0.1, 0.15) is 5.56 Å². The third kappa shape index (κ3) is 5.67. The van der Waals surface area contributed by atoms with E-state index >= 15 is 0 Å². The summed E-state index contributed by atoms with van der Waals surface area (Å²) in [4.78, 5) is 30.5. The number of hydrogen-bond acceptors (Lipinski definition) is 7. The molecular formula is C22H21F4N5O4S2. The smallest absolute Gasteiger partial charge is 0.338 e. The van der Waals surface area contributed by atoms with E-state index in [4.69, 9.17) is 0 Å². The van der Waals surface area contributed by atoms with E-state index in [-0.39, 0.29) is 35.0 Å². The van der Waals surface area contributed by atoms with Crippen molar-refractivity contribution in [1.82, 2.24) is 15.2 Å². The van der Waals surface area contributed by atoms with Gasteiger partial charge in [-0.15, -0.1) is 0 Å². The van der Waals surface area contributed by atoms with Gasteiger partial charge < -0.3 is 10.2 Å². The van der Waals surface area contributed by atoms with Gasteiger partial charge in [-0.1, -0.05) is 17.4 Å². The van der Waals surface area contributed by atoms with Gasteiger partial charge in [0.1, 0.15) is 15.7 Å². The molecule has 3 amide bonds. The molecule has 0 saturated carbocycles. The summed E-state index contributed by atoms with van der Waals surface area (Å²) in [5.41, 5.74) is -2.85. The van der Waals surface area contributed by atoms with Crippen LogP contribution in [0.5, 0.6) is 0 Å². The highest BCUT2D eigenvalue weighted by Crippen LogP contribution is 2.43. The molecular weight excluding hydrogens is 538 g/mol. The summed E-state index contributed by atoms with van der Waals surface area (Å²) in [6.45, 7) is -0.643. The second-order valence-electron chi connectivity index (χ2n) is 8.38. The third-order valence-corrected chi connectivity index (χ3v) is 7.54. The van der Waals surface area contributed by atoms with E-state index in [0.717, 1.165) is 40.7 Å². The minimum Gasteiger partial charge on any atom is -0.338 e. The lowest BCUT2D eigenvalue weighted by Gasteiger charge is -2.43. The second kappa shape index (κ2) is 9.87. The van der Waals surface area contributed by atoms with Crippen LogP contribution in [-0.2, 0) is 20.2 Å². The van der Waals surface area contributed by atoms with Crippen LogP contribution in [-0.4, -0.2) is 68.1 Å². The molecule has 1 saturated heterocycles. The van der Waals surface area contributed by atoms with Gasteiger partial charge in [0, 0.05) is 31.6 Å². The number of anilines is 2. The molecule has 198 valence electrons. The third-order valence-electron chi connectivity index (χ3n) is 5.68. The zero-order chi connectivity index (χ0) is 27.0. The summed E-state index contributed by atoms with van der Waals surface area (Å²) >= 11 is 0.899. The molecule has 1 aromatic heterocycles. The number of thiazole rings is 1. The van der Waals surface area contributed by atoms with Crippen LogP contribution in [0.3, 0.4) is 0 Å². The first kappa shape index (κ1) is 26.8. The zero-order valence-corrected chi connectivity index (χ0v) is 20.9. The lowest BCUT2D eigenvalue weighted by molar-refractivity contribution is -0.213. The molecule has 3 N–H and O–H groups in total. The van der Waals surface area contributed by atoms with Gasteiger partial charge in [-0.25, -0.2) is 22.6 Å². The first-order valence-corrected chi connectivity index (χ1v) is 13.7. The Morgan fingerprint density at radius 1 is 1.19 bits per heavy atom. The van der Waals surface area contributed by atoms with E-state index < -0.39 is 45.1 Å². The van der Waals surface area contributed by atoms with Crippen molar-refractivity contribution in [3.8, 4) is 0 Å². The van der Waals surface area contributed by atoms with Crippen LogP contribution in [0.4, 0.5) is 33.2 Å². The summed E-state index contributed by atoms with van der Waals surface area (Å²) in [5, 5.41) is 7.36. The van der Waals surface area contributed by atoms with Crippen molar-refractivity contribution in [1.29, 1.82) is 0 Å². The van der Waals surface area contributed by atoms with E-state index in [0.29, 0.717) is 11.2 Å². The van der Waals surface area contributed by atoms with Crippen molar-refractivity contribution in [3.63, 3.8) is 0 Å². The number of hydrogen-bond donors (Lipinski definition) is 3. The summed E-state index contributed by atoms with van der Waals surface area (Å²) < 4.78 is 79.7. The van der Waals surface area contributed by atoms with Gasteiger partial charge in [0.15, 0.2) is 5.13 Å². The first-order chi connectivity index (χ1) is 17.3. The van der Waals surface area contributed by atoms with Crippen molar-refractivity contribution in [2.45, 2.75) is 11.7 Å². The second-order valence-corrected chi connectivity index (χ2v) is 11.7. The highest BCUT2D eigenvalue weighted by atomic mass is 32.2. The number of halogens is 4. The van der Waals surface area contributed by atoms with Gasteiger partial charge >= 0.3 is 12.2 Å². The Labute approximate surface area is 212 Å². The summed E-state index contributed by atoms with van der Waals surface area (Å²) in [6, 6.07) is 7.94. The average Bonchev–Trinajstić information content (AvgIpc) is 3.20. The number of sulfone groups is 1. The lowest BCUT2D eigenvalue weighted by atomic mass is 9.85. The molecule has 0 radical (unpaired) electrons. The number of aromatic nitrogens is 1. The number of carbonyl (C=O) groups is 2. The van der Waals surface area contributed by atoms with Crippen LogP contribution in [0, 0.1) is 5.82 Å². The maximum Gasteiger partial charge on any atom is 0.419 e. The fraction of sp³-hybridized carbons (Fsp3) is 0.318. The summed E-state index contributed by atoms with van der Waals surface area (Å²) in [6.07, 6.45) is -4.09. The molecule has 2 heterocycles. The Morgan fingerprint density at radius 3 is 2.54 bits per heavy atom. The molecule has 4 rings (SSSR count). The normalized spacial score (nSPS) is 18.7. The van der Waals surface area contributed by atoms with Gasteiger partial charge in [0.25, 0.3) is 5.91 Å². The molecule has 0 bridgehead atoms. The molecule has 3 aromatic rings. The fourth-order valence-electron chi connectivity index (χ4n) is 3.90. The first-order valence-electron chi connectivity index (χ1n) is 10.8. The highest BCUT2D eigenvalue weighted by Gasteiger charge is 2.64. The van der Waals surface area contributed by atoms with Crippen molar-refractivity contribution in [3.05, 3.63) is 53.8 Å². The monoisotopic (exact) mass is 559 g/mol. The van der Waals surface area contributed by atoms with E-state index in [1.165, 1.54) is 24.3 Å². The number of fused-ring (bicyclic) bond motifs is 1. The maximum absolute atomic E-state index is 14.5. The fourth-order valence-corrected chi connectivity index (χ4v) is 5.35. The number of carbonyl (C=O) groups excluding carboxylic acids is 2. The molecule has 1 atom stereocenters. The van der Waals surface area contributed by atoms with E-state index in [1.54, 1.807) is 0 Å². The number of alkyl halides is 3. The quantitative estimate of drug-likeness (QED) is 0.399. The number of amides is 3. The topological polar surface area (TPSA) is 120 Å². The largest absolute Gasteiger partial charge is 0.419 e. The number of rotatable bonds is 6. The van der Waals surface area contributed by atoms with Crippen LogP contribution in [0.2, 0.25) is 0 Å². The van der Waals surface area contributed by atoms with E-state index in [1.807, 2.05) is 0 Å². The molecule has 0 spiro atoms. The molecule has 1 aliphatic rings. The van der Waals surface area contributed by atoms with Crippen molar-refractivity contribution in [2.75, 3.05) is 42.3 Å². The number of urea groups is 1. The number of piperazine rings is 1. The van der Waals surface area contributed by atoms with Gasteiger partial charge in [0.2, 0.25) is 5.54 Å². The molecule has 2 aromatic carbocycles. The van der Waals surface area contributed by atoms with Crippen LogP contribution in [0.15, 0.2) is 42.5 Å². The predicted molar refractivity (Wildman–Crippen MR) is 131 cm³/mol. The summed E-state index contributed by atoms with van der Waals surface area (Å²) in [7, 11) is -3.50. The van der Waals surface area contributed by atoms with E-state index in [2.05, 4.69) is 20.9 Å². The number of benzene rings is 2. The Bertz CT molecular complexity index is 1440. The minimum atomic E-state index is -5.04. The molecule has 1 fully saturated rings. The van der Waals surface area contributed by atoms with Crippen LogP contribution in [0.25, 0.3) is 10.2 Å². The molecule has 37 heavy (non-hydrogen) atoms. The molecule has 9 nitrogen and oxygen atoms in total. The molecule has 0 aliphatic carbocycles. The number of nitrogens with zero attached hydrogens (tertiary/aromatic N) is 2. The molecule has 1 unspecified atom stereocenters. The van der Waals surface area contributed by atoms with Crippen LogP contribution < -0.4 is 16.0 Å². The highest BCUT2D eigenvalue weighted by molar-refractivity contribution is 7.90. The zero-order valence-electron chi connectivity index (χ0n) is 19.2. The SMILES string of the molecule is CS(=O)(=O)CCN1CCNC(c2ccc3nc(NC(=O)Nc4ccc(F)cc4)sc3c2)(C(F)(F)F)C1=O. The van der Waals surface area contributed by atoms with Gasteiger partial charge in [0.05, 0.1) is 16.0 Å². The average molecular weight is 560 g/mol. The number of nitrogens with one attached hydrogen (secondary N) is 3. The van der Waals surface area contributed by atoms with Gasteiger partial charge in [-0.05, 0) is 42.0 Å². The molecule has 15 heteroatoms. The Kier molecular flexibility index (Phi) is 7.14. The molecule has 1 aliphatic heterocycles. The van der Waals surface area contributed by atoms with E-state index in [9.17, 15) is 35.6 Å². The van der Waals surface area contributed by atoms with Crippen molar-refractivity contribution < 1.29 is 35.6 Å². The van der Waals surface area contributed by atoms with Gasteiger partial charge in [-0.2, -0.15) is 13.2 Å². The van der Waals surface area contributed by atoms with Crippen molar-refractivity contribution in [2.24, 2.45) is 0 Å². The Hall–Kier alpha value is -3.30. The Balaban J connectivity index is 1.61. The van der Waals surface area contributed by atoms with Crippen molar-refractivity contribution >= 4 is 54.1 Å². The lowest BCUT2D eigenvalue weighted by Crippen LogP contribution is -2.69. The van der Waals surface area contributed by atoms with Gasteiger partial charge in [-0.3, -0.25) is 15.4 Å². The predicted octanol–water partition coefficient (Wildman–Crippen LogP) is 3.31. The maximum atomic E-state index is 14.5.